The molecular formula is C11H13BrN4O2. The number of hydrogen-bond acceptors (Lipinski definition) is 5. The Labute approximate surface area is 112 Å². The molecule has 96 valence electrons. The summed E-state index contributed by atoms with van der Waals surface area (Å²) < 4.78 is 13.2. The van der Waals surface area contributed by atoms with E-state index in [-0.39, 0.29) is 0 Å². The first-order valence-electron chi connectivity index (χ1n) is 5.71. The third-order valence-corrected chi connectivity index (χ3v) is 3.90. The molecule has 2 aromatic heterocycles. The van der Waals surface area contributed by atoms with E-state index < -0.39 is 0 Å². The van der Waals surface area contributed by atoms with Crippen molar-refractivity contribution in [2.45, 2.75) is 19.5 Å². The highest BCUT2D eigenvalue weighted by Gasteiger charge is 2.21. The molecule has 0 aliphatic carbocycles. The Morgan fingerprint density at radius 1 is 1.56 bits per heavy atom. The Hall–Kier alpha value is -1.34. The number of halogens is 1. The molecule has 1 saturated heterocycles. The van der Waals surface area contributed by atoms with E-state index in [0.29, 0.717) is 12.6 Å². The highest BCUT2D eigenvalue weighted by Crippen LogP contribution is 2.22. The van der Waals surface area contributed by atoms with E-state index in [1.54, 1.807) is 0 Å². The number of nitrogens with zero attached hydrogens (tertiary/aromatic N) is 3. The number of aryl methyl sites for hydroxylation is 1. The fourth-order valence-electron chi connectivity index (χ4n) is 1.70. The monoisotopic (exact) mass is 312 g/mol. The molecule has 3 heterocycles. The van der Waals surface area contributed by atoms with Crippen molar-refractivity contribution in [2.75, 3.05) is 18.5 Å². The van der Waals surface area contributed by atoms with Gasteiger partial charge >= 0.3 is 0 Å². The van der Waals surface area contributed by atoms with Crippen molar-refractivity contribution in [3.8, 4) is 0 Å². The SMILES string of the molecule is Cc1noc(CNc2ccn(C3COC3)n2)c1Br. The van der Waals surface area contributed by atoms with Gasteiger partial charge in [0.2, 0.25) is 0 Å². The Bertz CT molecular complexity index is 547. The summed E-state index contributed by atoms with van der Waals surface area (Å²) in [4.78, 5) is 0. The van der Waals surface area contributed by atoms with Gasteiger partial charge in [-0.25, -0.2) is 0 Å². The quantitative estimate of drug-likeness (QED) is 0.937. The van der Waals surface area contributed by atoms with Crippen LogP contribution in [0.2, 0.25) is 0 Å². The summed E-state index contributed by atoms with van der Waals surface area (Å²) in [5, 5.41) is 11.5. The van der Waals surface area contributed by atoms with Crippen LogP contribution in [0.4, 0.5) is 5.82 Å². The normalized spacial score (nSPS) is 15.7. The van der Waals surface area contributed by atoms with Crippen LogP contribution < -0.4 is 5.32 Å². The van der Waals surface area contributed by atoms with Gasteiger partial charge in [0.05, 0.1) is 36.0 Å². The van der Waals surface area contributed by atoms with Crippen molar-refractivity contribution >= 4 is 21.7 Å². The summed E-state index contributed by atoms with van der Waals surface area (Å²) in [6.45, 7) is 3.93. The second-order valence-electron chi connectivity index (χ2n) is 4.23. The van der Waals surface area contributed by atoms with E-state index in [1.807, 2.05) is 23.9 Å². The molecule has 1 aliphatic heterocycles. The molecule has 1 fully saturated rings. The summed E-state index contributed by atoms with van der Waals surface area (Å²) in [7, 11) is 0. The van der Waals surface area contributed by atoms with Gasteiger partial charge in [0, 0.05) is 12.3 Å². The minimum absolute atomic E-state index is 0.375. The number of aromatic nitrogens is 3. The molecule has 0 amide bonds. The van der Waals surface area contributed by atoms with Crippen molar-refractivity contribution in [3.05, 3.63) is 28.2 Å². The number of rotatable bonds is 4. The van der Waals surface area contributed by atoms with Crippen LogP contribution in [0.5, 0.6) is 0 Å². The number of ether oxygens (including phenoxy) is 1. The van der Waals surface area contributed by atoms with Gasteiger partial charge in [-0.3, -0.25) is 4.68 Å². The zero-order chi connectivity index (χ0) is 12.5. The molecule has 0 spiro atoms. The van der Waals surface area contributed by atoms with E-state index >= 15 is 0 Å². The highest BCUT2D eigenvalue weighted by molar-refractivity contribution is 9.10. The molecule has 6 nitrogen and oxygen atoms in total. The zero-order valence-electron chi connectivity index (χ0n) is 9.89. The molecule has 0 bridgehead atoms. The van der Waals surface area contributed by atoms with Gasteiger partial charge in [-0.15, -0.1) is 0 Å². The average molecular weight is 313 g/mol. The van der Waals surface area contributed by atoms with E-state index in [2.05, 4.69) is 31.5 Å². The Morgan fingerprint density at radius 2 is 2.39 bits per heavy atom. The number of hydrogen-bond donors (Lipinski definition) is 1. The van der Waals surface area contributed by atoms with E-state index in [4.69, 9.17) is 9.26 Å². The third-order valence-electron chi connectivity index (χ3n) is 2.89. The molecule has 1 aliphatic rings. The lowest BCUT2D eigenvalue weighted by atomic mass is 10.3. The maximum Gasteiger partial charge on any atom is 0.170 e. The lowest BCUT2D eigenvalue weighted by molar-refractivity contribution is -0.0285. The molecule has 3 rings (SSSR count). The highest BCUT2D eigenvalue weighted by atomic mass is 79.9. The second kappa shape index (κ2) is 4.74. The van der Waals surface area contributed by atoms with E-state index in [0.717, 1.165) is 35.0 Å². The molecule has 7 heteroatoms. The second-order valence-corrected chi connectivity index (χ2v) is 5.02. The largest absolute Gasteiger partial charge is 0.377 e. The minimum atomic E-state index is 0.375. The van der Waals surface area contributed by atoms with Gasteiger partial charge < -0.3 is 14.6 Å². The standard InChI is InChI=1S/C11H13BrN4O2/c1-7-11(12)9(18-15-7)4-13-10-2-3-16(14-10)8-5-17-6-8/h2-3,8H,4-6H2,1H3,(H,13,14). The minimum Gasteiger partial charge on any atom is -0.377 e. The lowest BCUT2D eigenvalue weighted by Gasteiger charge is -2.25. The number of anilines is 1. The lowest BCUT2D eigenvalue weighted by Crippen LogP contribution is -2.30. The van der Waals surface area contributed by atoms with Crippen LogP contribution in [0.15, 0.2) is 21.3 Å². The Balaban J connectivity index is 1.62. The van der Waals surface area contributed by atoms with Crippen LogP contribution in [-0.4, -0.2) is 28.2 Å². The van der Waals surface area contributed by atoms with Gasteiger partial charge in [0.25, 0.3) is 0 Å². The van der Waals surface area contributed by atoms with Crippen LogP contribution in [0.1, 0.15) is 17.5 Å². The maximum atomic E-state index is 5.19. The third kappa shape index (κ3) is 2.15. The predicted octanol–water partition coefficient (Wildman–Crippen LogP) is 2.13. The van der Waals surface area contributed by atoms with E-state index in [9.17, 15) is 0 Å². The molecule has 0 unspecified atom stereocenters. The fraction of sp³-hybridized carbons (Fsp3) is 0.455. The van der Waals surface area contributed by atoms with Gasteiger partial charge in [0.1, 0.15) is 5.82 Å². The van der Waals surface area contributed by atoms with Crippen LogP contribution >= 0.6 is 15.9 Å². The summed E-state index contributed by atoms with van der Waals surface area (Å²) in [5.74, 6) is 1.59. The Morgan fingerprint density at radius 3 is 3.00 bits per heavy atom. The van der Waals surface area contributed by atoms with Gasteiger partial charge in [0.15, 0.2) is 5.76 Å². The smallest absolute Gasteiger partial charge is 0.170 e. The summed E-state index contributed by atoms with van der Waals surface area (Å²) in [6, 6.07) is 2.31. The summed E-state index contributed by atoms with van der Waals surface area (Å²) in [5.41, 5.74) is 0.851. The molecular weight excluding hydrogens is 300 g/mol. The number of nitrogens with one attached hydrogen (secondary N) is 1. The zero-order valence-corrected chi connectivity index (χ0v) is 11.5. The first-order chi connectivity index (χ1) is 8.74. The topological polar surface area (TPSA) is 65.1 Å². The van der Waals surface area contributed by atoms with Crippen LogP contribution in [0.25, 0.3) is 0 Å². The van der Waals surface area contributed by atoms with Crippen molar-refractivity contribution in [1.82, 2.24) is 14.9 Å². The maximum absolute atomic E-state index is 5.19. The fourth-order valence-corrected chi connectivity index (χ4v) is 1.98. The first-order valence-corrected chi connectivity index (χ1v) is 6.51. The van der Waals surface area contributed by atoms with Crippen molar-refractivity contribution in [3.63, 3.8) is 0 Å². The molecule has 18 heavy (non-hydrogen) atoms. The predicted molar refractivity (Wildman–Crippen MR) is 68.3 cm³/mol. The van der Waals surface area contributed by atoms with Crippen molar-refractivity contribution in [2.24, 2.45) is 0 Å². The van der Waals surface area contributed by atoms with Crippen LogP contribution in [-0.2, 0) is 11.3 Å². The molecule has 2 aromatic rings. The molecule has 0 radical (unpaired) electrons. The van der Waals surface area contributed by atoms with Crippen molar-refractivity contribution in [1.29, 1.82) is 0 Å². The Kier molecular flexibility index (Phi) is 3.09. The first kappa shape index (κ1) is 11.7. The van der Waals surface area contributed by atoms with Gasteiger partial charge in [-0.1, -0.05) is 5.16 Å². The summed E-state index contributed by atoms with van der Waals surface area (Å²) in [6.07, 6.45) is 1.95. The average Bonchev–Trinajstić information content (AvgIpc) is 2.85. The van der Waals surface area contributed by atoms with Crippen molar-refractivity contribution < 1.29 is 9.26 Å². The molecule has 0 atom stereocenters. The summed E-state index contributed by atoms with van der Waals surface area (Å²) >= 11 is 3.43. The van der Waals surface area contributed by atoms with Crippen LogP contribution in [0, 0.1) is 6.92 Å². The van der Waals surface area contributed by atoms with Gasteiger partial charge in [-0.05, 0) is 22.9 Å². The molecule has 0 aromatic carbocycles. The molecule has 0 saturated carbocycles. The van der Waals surface area contributed by atoms with Gasteiger partial charge in [-0.2, -0.15) is 5.10 Å². The van der Waals surface area contributed by atoms with Crippen LogP contribution in [0.3, 0.4) is 0 Å². The van der Waals surface area contributed by atoms with E-state index in [1.165, 1.54) is 0 Å². The molecule has 1 N–H and O–H groups in total.